The van der Waals surface area contributed by atoms with E-state index in [9.17, 15) is 4.79 Å². The van der Waals surface area contributed by atoms with Crippen molar-refractivity contribution in [3.8, 4) is 11.8 Å². The minimum Gasteiger partial charge on any atom is -0.465 e. The van der Waals surface area contributed by atoms with Gasteiger partial charge in [-0.15, -0.1) is 13.2 Å². The maximum atomic E-state index is 11.2. The molecule has 1 aromatic carbocycles. The van der Waals surface area contributed by atoms with Crippen LogP contribution in [0.3, 0.4) is 0 Å². The molecular weight excluding hydrogens is 252 g/mol. The molecule has 0 aromatic heterocycles. The molecule has 3 heteroatoms. The Bertz CT molecular complexity index is 487. The summed E-state index contributed by atoms with van der Waals surface area (Å²) in [7, 11) is 1.37. The zero-order chi connectivity index (χ0) is 15.0. The number of hydrogen-bond acceptors (Lipinski definition) is 3. The molecule has 0 aliphatic heterocycles. The summed E-state index contributed by atoms with van der Waals surface area (Å²) in [5.74, 6) is 6.78. The summed E-state index contributed by atoms with van der Waals surface area (Å²) in [6.45, 7) is 6.27. The average molecular weight is 272 g/mol. The summed E-state index contributed by atoms with van der Waals surface area (Å²) >= 11 is 0. The van der Waals surface area contributed by atoms with E-state index in [2.05, 4.69) is 29.7 Å². The Hall–Kier alpha value is -2.05. The summed E-state index contributed by atoms with van der Waals surface area (Å²) in [4.78, 5) is 11.2. The highest BCUT2D eigenvalue weighted by molar-refractivity contribution is 5.89. The van der Waals surface area contributed by atoms with Gasteiger partial charge >= 0.3 is 5.97 Å². The van der Waals surface area contributed by atoms with Crippen LogP contribution in [-0.4, -0.2) is 24.8 Å². The van der Waals surface area contributed by atoms with E-state index < -0.39 is 0 Å². The fourth-order valence-electron chi connectivity index (χ4n) is 2.00. The number of carbonyl (C=O) groups excluding carboxylic acids is 1. The predicted molar refractivity (Wildman–Crippen MR) is 79.2 cm³/mol. The lowest BCUT2D eigenvalue weighted by Gasteiger charge is -2.29. The topological polar surface area (TPSA) is 46.5 Å². The number of carbonyl (C=O) groups is 1. The van der Waals surface area contributed by atoms with E-state index in [0.717, 1.165) is 18.4 Å². The van der Waals surface area contributed by atoms with Crippen molar-refractivity contribution in [3.63, 3.8) is 0 Å². The Labute approximate surface area is 120 Å². The molecule has 0 radical (unpaired) electrons. The highest BCUT2D eigenvalue weighted by Gasteiger charge is 2.26. The highest BCUT2D eigenvalue weighted by atomic mass is 16.5. The van der Waals surface area contributed by atoms with Crippen LogP contribution in [0, 0.1) is 23.7 Å². The molecule has 0 unspecified atom stereocenters. The Balaban J connectivity index is 0.000000956. The van der Waals surface area contributed by atoms with Gasteiger partial charge in [0.05, 0.1) is 12.7 Å². The van der Waals surface area contributed by atoms with Crippen LogP contribution < -0.4 is 0 Å². The van der Waals surface area contributed by atoms with Gasteiger partial charge in [0.25, 0.3) is 0 Å². The molecule has 0 saturated heterocycles. The zero-order valence-electron chi connectivity index (χ0n) is 11.8. The van der Waals surface area contributed by atoms with Gasteiger partial charge in [-0.2, -0.15) is 0 Å². The van der Waals surface area contributed by atoms with Crippen molar-refractivity contribution in [1.29, 1.82) is 0 Å². The van der Waals surface area contributed by atoms with Crippen molar-refractivity contribution in [3.05, 3.63) is 48.6 Å². The number of rotatable bonds is 2. The minimum atomic E-state index is -0.334. The maximum absolute atomic E-state index is 11.2. The van der Waals surface area contributed by atoms with Crippen molar-refractivity contribution >= 4 is 5.97 Å². The van der Waals surface area contributed by atoms with Gasteiger partial charge in [0, 0.05) is 18.1 Å². The third-order valence-corrected chi connectivity index (χ3v) is 3.22. The lowest BCUT2D eigenvalue weighted by atomic mass is 9.76. The van der Waals surface area contributed by atoms with Crippen molar-refractivity contribution < 1.29 is 14.6 Å². The molecule has 0 bridgehead atoms. The summed E-state index contributed by atoms with van der Waals surface area (Å²) in [6.07, 6.45) is 1.98. The molecule has 1 aliphatic carbocycles. The molecule has 106 valence electrons. The second-order valence-electron chi connectivity index (χ2n) is 4.56. The predicted octanol–water partition coefficient (Wildman–Crippen LogP) is 2.65. The van der Waals surface area contributed by atoms with Gasteiger partial charge in [-0.1, -0.05) is 11.8 Å². The van der Waals surface area contributed by atoms with E-state index in [-0.39, 0.29) is 12.6 Å². The molecule has 1 N–H and O–H groups in total. The van der Waals surface area contributed by atoms with Crippen LogP contribution in [0.2, 0.25) is 0 Å². The number of hydrogen-bond donors (Lipinski definition) is 1. The highest BCUT2D eigenvalue weighted by Crippen LogP contribution is 2.32. The first-order valence-electron chi connectivity index (χ1n) is 6.53. The Morgan fingerprint density at radius 1 is 1.35 bits per heavy atom. The van der Waals surface area contributed by atoms with Crippen LogP contribution >= 0.6 is 0 Å². The standard InChI is InChI=1S/C15H16O3.C2H4/c1-18-15(17)14-6-4-11(5-7-14)2-3-12-8-13(9-12)10-16;1-2/h4-7,12-13,16H,8-10H2,1H3;1-2H2. The third kappa shape index (κ3) is 4.25. The van der Waals surface area contributed by atoms with Crippen molar-refractivity contribution in [2.45, 2.75) is 12.8 Å². The Morgan fingerprint density at radius 2 is 1.95 bits per heavy atom. The van der Waals surface area contributed by atoms with E-state index in [4.69, 9.17) is 5.11 Å². The molecule has 1 saturated carbocycles. The second kappa shape index (κ2) is 8.19. The summed E-state index contributed by atoms with van der Waals surface area (Å²) in [5.41, 5.74) is 1.43. The van der Waals surface area contributed by atoms with Gasteiger partial charge in [-0.3, -0.25) is 0 Å². The molecule has 3 nitrogen and oxygen atoms in total. The van der Waals surface area contributed by atoms with Crippen molar-refractivity contribution in [1.82, 2.24) is 0 Å². The van der Waals surface area contributed by atoms with Crippen molar-refractivity contribution in [2.75, 3.05) is 13.7 Å². The minimum absolute atomic E-state index is 0.270. The van der Waals surface area contributed by atoms with Crippen LogP contribution in [0.5, 0.6) is 0 Å². The molecule has 0 atom stereocenters. The molecule has 2 rings (SSSR count). The molecule has 1 aromatic rings. The van der Waals surface area contributed by atoms with Crippen LogP contribution in [0.1, 0.15) is 28.8 Å². The number of ether oxygens (including phenoxy) is 1. The number of methoxy groups -OCH3 is 1. The first kappa shape index (κ1) is 16.0. The lowest BCUT2D eigenvalue weighted by molar-refractivity contribution is 0.0600. The maximum Gasteiger partial charge on any atom is 0.337 e. The summed E-state index contributed by atoms with van der Waals surface area (Å²) in [6, 6.07) is 7.07. The van der Waals surface area contributed by atoms with Crippen LogP contribution in [0.15, 0.2) is 37.4 Å². The largest absolute Gasteiger partial charge is 0.465 e. The van der Waals surface area contributed by atoms with Gasteiger partial charge in [0.1, 0.15) is 0 Å². The monoisotopic (exact) mass is 272 g/mol. The van der Waals surface area contributed by atoms with Gasteiger partial charge in [0.15, 0.2) is 0 Å². The zero-order valence-corrected chi connectivity index (χ0v) is 11.8. The van der Waals surface area contributed by atoms with Gasteiger partial charge in [-0.25, -0.2) is 4.79 Å². The second-order valence-corrected chi connectivity index (χ2v) is 4.56. The first-order chi connectivity index (χ1) is 9.72. The van der Waals surface area contributed by atoms with E-state index in [0.29, 0.717) is 17.4 Å². The number of benzene rings is 1. The molecule has 0 heterocycles. The fraction of sp³-hybridized carbons (Fsp3) is 0.353. The molecule has 1 fully saturated rings. The number of aliphatic hydroxyl groups excluding tert-OH is 1. The quantitative estimate of drug-likeness (QED) is 0.511. The smallest absolute Gasteiger partial charge is 0.337 e. The normalized spacial score (nSPS) is 19.5. The summed E-state index contributed by atoms with van der Waals surface area (Å²) in [5, 5.41) is 8.90. The van der Waals surface area contributed by atoms with E-state index in [1.165, 1.54) is 7.11 Å². The first-order valence-corrected chi connectivity index (χ1v) is 6.53. The van der Waals surface area contributed by atoms with Crippen LogP contribution in [0.25, 0.3) is 0 Å². The molecular formula is C17H20O3. The average Bonchev–Trinajstić information content (AvgIpc) is 2.48. The molecule has 0 spiro atoms. The van der Waals surface area contributed by atoms with E-state index >= 15 is 0 Å². The third-order valence-electron chi connectivity index (χ3n) is 3.22. The Kier molecular flexibility index (Phi) is 6.55. The van der Waals surface area contributed by atoms with E-state index in [1.54, 1.807) is 12.1 Å². The van der Waals surface area contributed by atoms with Crippen molar-refractivity contribution in [2.24, 2.45) is 11.8 Å². The van der Waals surface area contributed by atoms with Crippen LogP contribution in [-0.2, 0) is 4.74 Å². The number of esters is 1. The lowest BCUT2D eigenvalue weighted by Crippen LogP contribution is -2.25. The number of aliphatic hydroxyl groups is 1. The van der Waals surface area contributed by atoms with E-state index in [1.807, 2.05) is 12.1 Å². The Morgan fingerprint density at radius 3 is 2.45 bits per heavy atom. The van der Waals surface area contributed by atoms with Gasteiger partial charge in [-0.05, 0) is 43.0 Å². The SMILES string of the molecule is C=C.COC(=O)c1ccc(C#CC2CC(CO)C2)cc1. The molecule has 0 amide bonds. The molecule has 20 heavy (non-hydrogen) atoms. The van der Waals surface area contributed by atoms with Gasteiger partial charge < -0.3 is 9.84 Å². The van der Waals surface area contributed by atoms with Crippen LogP contribution in [0.4, 0.5) is 0 Å². The summed E-state index contributed by atoms with van der Waals surface area (Å²) < 4.78 is 4.63. The molecule has 1 aliphatic rings. The van der Waals surface area contributed by atoms with Gasteiger partial charge in [0.2, 0.25) is 0 Å². The fourth-order valence-corrected chi connectivity index (χ4v) is 2.00.